The lowest BCUT2D eigenvalue weighted by Gasteiger charge is -2.27. The van der Waals surface area contributed by atoms with E-state index in [0.717, 1.165) is 0 Å². The molecule has 0 atom stereocenters. The van der Waals surface area contributed by atoms with Crippen LogP contribution in [0.25, 0.3) is 0 Å². The van der Waals surface area contributed by atoms with Gasteiger partial charge in [-0.1, -0.05) is 0 Å². The van der Waals surface area contributed by atoms with Crippen LogP contribution >= 0.6 is 0 Å². The first kappa shape index (κ1) is 13.7. The van der Waals surface area contributed by atoms with Gasteiger partial charge in [0.25, 0.3) is 0 Å². The van der Waals surface area contributed by atoms with Gasteiger partial charge >= 0.3 is 0 Å². The number of likely N-dealkylation sites (N-methyl/N-ethyl adjacent to an activating group) is 1. The number of hydrogen-bond donors (Lipinski definition) is 2. The second-order valence-electron chi connectivity index (χ2n) is 3.68. The Labute approximate surface area is 100 Å². The summed E-state index contributed by atoms with van der Waals surface area (Å²) >= 11 is 0. The van der Waals surface area contributed by atoms with Gasteiger partial charge in [0.05, 0.1) is 25.9 Å². The maximum Gasteiger partial charge on any atom is 0.167 e. The molecule has 4 nitrogen and oxygen atoms in total. The van der Waals surface area contributed by atoms with Crippen molar-refractivity contribution in [2.24, 2.45) is 0 Å². The minimum Gasteiger partial charge on any atom is -0.491 e. The zero-order valence-electron chi connectivity index (χ0n) is 10.1. The number of halogens is 1. The summed E-state index contributed by atoms with van der Waals surface area (Å²) in [7, 11) is 1.69. The molecule has 0 aliphatic rings. The largest absolute Gasteiger partial charge is 0.491 e. The molecule has 5 heteroatoms. The van der Waals surface area contributed by atoms with Crippen molar-refractivity contribution < 1.29 is 19.3 Å². The molecular weight excluding hydrogens is 225 g/mol. The Morgan fingerprint density at radius 2 is 2.00 bits per heavy atom. The smallest absolute Gasteiger partial charge is 0.167 e. The summed E-state index contributed by atoms with van der Waals surface area (Å²) in [6, 6.07) is 4.11. The van der Waals surface area contributed by atoms with Crippen LogP contribution in [0, 0.1) is 5.82 Å². The molecule has 0 aliphatic carbocycles. The third kappa shape index (κ3) is 3.31. The Kier molecular flexibility index (Phi) is 5.18. The van der Waals surface area contributed by atoms with Gasteiger partial charge in [-0.05, 0) is 19.1 Å². The van der Waals surface area contributed by atoms with E-state index in [4.69, 9.17) is 14.9 Å². The van der Waals surface area contributed by atoms with Crippen LogP contribution in [0.2, 0.25) is 0 Å². The van der Waals surface area contributed by atoms with Crippen LogP contribution < -0.4 is 9.64 Å². The maximum absolute atomic E-state index is 13.6. The monoisotopic (exact) mass is 243 g/mol. The van der Waals surface area contributed by atoms with E-state index in [0.29, 0.717) is 12.3 Å². The van der Waals surface area contributed by atoms with Gasteiger partial charge in [-0.3, -0.25) is 0 Å². The fourth-order valence-corrected chi connectivity index (χ4v) is 1.50. The average molecular weight is 243 g/mol. The molecule has 0 fully saturated rings. The van der Waals surface area contributed by atoms with Crippen molar-refractivity contribution in [2.75, 3.05) is 31.8 Å². The average Bonchev–Trinajstić information content (AvgIpc) is 2.33. The van der Waals surface area contributed by atoms with Crippen molar-refractivity contribution in [1.29, 1.82) is 0 Å². The van der Waals surface area contributed by atoms with Gasteiger partial charge in [0.2, 0.25) is 0 Å². The van der Waals surface area contributed by atoms with E-state index in [9.17, 15) is 4.39 Å². The molecule has 0 aromatic heterocycles. The number of benzene rings is 1. The molecule has 0 heterocycles. The molecular formula is C12H18FNO3. The SMILES string of the molecule is CCOc1ccc(N(C)C(CO)CO)cc1F. The van der Waals surface area contributed by atoms with Crippen LogP contribution in [0.1, 0.15) is 6.92 Å². The molecule has 1 aromatic rings. The van der Waals surface area contributed by atoms with E-state index in [2.05, 4.69) is 0 Å². The summed E-state index contributed by atoms with van der Waals surface area (Å²) < 4.78 is 18.7. The highest BCUT2D eigenvalue weighted by Crippen LogP contribution is 2.24. The summed E-state index contributed by atoms with van der Waals surface area (Å²) in [5.41, 5.74) is 0.582. The van der Waals surface area contributed by atoms with E-state index >= 15 is 0 Å². The summed E-state index contributed by atoms with van der Waals surface area (Å²) in [4.78, 5) is 1.62. The van der Waals surface area contributed by atoms with Crippen molar-refractivity contribution in [3.05, 3.63) is 24.0 Å². The molecule has 0 spiro atoms. The molecule has 96 valence electrons. The Morgan fingerprint density at radius 3 is 2.47 bits per heavy atom. The Balaban J connectivity index is 2.88. The van der Waals surface area contributed by atoms with Gasteiger partial charge in [0.15, 0.2) is 11.6 Å². The second kappa shape index (κ2) is 6.42. The highest BCUT2D eigenvalue weighted by Gasteiger charge is 2.14. The summed E-state index contributed by atoms with van der Waals surface area (Å²) in [5.74, 6) is -0.250. The van der Waals surface area contributed by atoms with Crippen molar-refractivity contribution in [3.8, 4) is 5.75 Å². The first-order valence-electron chi connectivity index (χ1n) is 5.50. The van der Waals surface area contributed by atoms with Gasteiger partial charge in [0, 0.05) is 18.8 Å². The van der Waals surface area contributed by atoms with E-state index in [-0.39, 0.29) is 19.0 Å². The summed E-state index contributed by atoms with van der Waals surface area (Å²) in [6.07, 6.45) is 0. The Bertz CT molecular complexity index is 356. The highest BCUT2D eigenvalue weighted by molar-refractivity contribution is 5.50. The number of aliphatic hydroxyl groups excluding tert-OH is 2. The zero-order valence-corrected chi connectivity index (χ0v) is 10.1. The standard InChI is InChI=1S/C12H18FNO3/c1-3-17-12-5-4-9(6-11(12)13)14(2)10(7-15)8-16/h4-6,10,15-16H,3,7-8H2,1-2H3. The molecule has 0 radical (unpaired) electrons. The predicted molar refractivity (Wildman–Crippen MR) is 63.9 cm³/mol. The molecule has 0 saturated carbocycles. The van der Waals surface area contributed by atoms with Crippen LogP contribution in [0.5, 0.6) is 5.75 Å². The predicted octanol–water partition coefficient (Wildman–Crippen LogP) is 1.01. The van der Waals surface area contributed by atoms with Gasteiger partial charge in [-0.15, -0.1) is 0 Å². The van der Waals surface area contributed by atoms with Gasteiger partial charge in [-0.2, -0.15) is 0 Å². The molecule has 2 N–H and O–H groups in total. The summed E-state index contributed by atoms with van der Waals surface area (Å²) in [5, 5.41) is 18.1. The van der Waals surface area contributed by atoms with Crippen molar-refractivity contribution in [2.45, 2.75) is 13.0 Å². The number of rotatable bonds is 6. The lowest BCUT2D eigenvalue weighted by atomic mass is 10.2. The van der Waals surface area contributed by atoms with E-state index < -0.39 is 11.9 Å². The van der Waals surface area contributed by atoms with Crippen molar-refractivity contribution in [1.82, 2.24) is 0 Å². The van der Waals surface area contributed by atoms with Crippen LogP contribution in [-0.2, 0) is 0 Å². The first-order chi connectivity index (χ1) is 8.13. The first-order valence-corrected chi connectivity index (χ1v) is 5.50. The minimum atomic E-state index is -0.453. The minimum absolute atomic E-state index is 0.193. The fraction of sp³-hybridized carbons (Fsp3) is 0.500. The third-order valence-electron chi connectivity index (χ3n) is 2.59. The number of anilines is 1. The zero-order chi connectivity index (χ0) is 12.8. The van der Waals surface area contributed by atoms with Crippen LogP contribution in [0.3, 0.4) is 0 Å². The number of ether oxygens (including phenoxy) is 1. The Hall–Kier alpha value is -1.33. The highest BCUT2D eigenvalue weighted by atomic mass is 19.1. The van der Waals surface area contributed by atoms with Gasteiger partial charge in [0.1, 0.15) is 0 Å². The number of hydrogen-bond acceptors (Lipinski definition) is 4. The molecule has 17 heavy (non-hydrogen) atoms. The lowest BCUT2D eigenvalue weighted by Crippen LogP contribution is -2.37. The molecule has 0 aliphatic heterocycles. The van der Waals surface area contributed by atoms with Gasteiger partial charge in [-0.25, -0.2) is 4.39 Å². The molecule has 0 saturated heterocycles. The van der Waals surface area contributed by atoms with E-state index in [1.165, 1.54) is 12.1 Å². The van der Waals surface area contributed by atoms with E-state index in [1.807, 2.05) is 0 Å². The van der Waals surface area contributed by atoms with Crippen LogP contribution in [0.4, 0.5) is 10.1 Å². The van der Waals surface area contributed by atoms with Crippen molar-refractivity contribution in [3.63, 3.8) is 0 Å². The number of nitrogens with zero attached hydrogens (tertiary/aromatic N) is 1. The van der Waals surface area contributed by atoms with Gasteiger partial charge < -0.3 is 19.8 Å². The molecule has 0 unspecified atom stereocenters. The lowest BCUT2D eigenvalue weighted by molar-refractivity contribution is 0.190. The van der Waals surface area contributed by atoms with Crippen LogP contribution in [-0.4, -0.2) is 43.1 Å². The summed E-state index contributed by atoms with van der Waals surface area (Å²) in [6.45, 7) is 1.80. The number of aliphatic hydroxyl groups is 2. The topological polar surface area (TPSA) is 52.9 Å². The Morgan fingerprint density at radius 1 is 1.35 bits per heavy atom. The second-order valence-corrected chi connectivity index (χ2v) is 3.68. The quantitative estimate of drug-likeness (QED) is 0.783. The van der Waals surface area contributed by atoms with Crippen molar-refractivity contribution >= 4 is 5.69 Å². The third-order valence-corrected chi connectivity index (χ3v) is 2.59. The normalized spacial score (nSPS) is 10.7. The fourth-order valence-electron chi connectivity index (χ4n) is 1.50. The molecule has 1 aromatic carbocycles. The molecule has 1 rings (SSSR count). The van der Waals surface area contributed by atoms with E-state index in [1.54, 1.807) is 24.9 Å². The maximum atomic E-state index is 13.6. The van der Waals surface area contributed by atoms with Crippen LogP contribution in [0.15, 0.2) is 18.2 Å². The molecule has 0 amide bonds. The molecule has 0 bridgehead atoms.